The zero-order valence-corrected chi connectivity index (χ0v) is 17.9. The SMILES string of the molecule is Cc1cccc(N2CCN(CCCCNC(=O)C[C@@H](C)c3ccccc3)CC2)c1. The number of carbonyl (C=O) groups excluding carboxylic acids is 1. The Morgan fingerprint density at radius 3 is 2.48 bits per heavy atom. The lowest BCUT2D eigenvalue weighted by atomic mass is 9.97. The summed E-state index contributed by atoms with van der Waals surface area (Å²) in [5, 5.41) is 3.09. The first-order valence-corrected chi connectivity index (χ1v) is 11.0. The van der Waals surface area contributed by atoms with Gasteiger partial charge in [-0.3, -0.25) is 9.69 Å². The third-order valence-electron chi connectivity index (χ3n) is 5.82. The summed E-state index contributed by atoms with van der Waals surface area (Å²) in [5.41, 5.74) is 3.90. The van der Waals surface area contributed by atoms with Crippen LogP contribution in [0.1, 0.15) is 43.2 Å². The zero-order chi connectivity index (χ0) is 20.5. The highest BCUT2D eigenvalue weighted by Crippen LogP contribution is 2.19. The molecule has 156 valence electrons. The number of nitrogens with zero attached hydrogens (tertiary/aromatic N) is 2. The Bertz CT molecular complexity index is 754. The molecule has 1 atom stereocenters. The summed E-state index contributed by atoms with van der Waals surface area (Å²) in [6, 6.07) is 19.1. The number of aryl methyl sites for hydroxylation is 1. The Balaban J connectivity index is 1.26. The van der Waals surface area contributed by atoms with Crippen molar-refractivity contribution in [2.45, 2.75) is 39.0 Å². The van der Waals surface area contributed by atoms with Gasteiger partial charge in [0.2, 0.25) is 5.91 Å². The molecule has 0 aromatic heterocycles. The van der Waals surface area contributed by atoms with Gasteiger partial charge in [0.05, 0.1) is 0 Å². The Hall–Kier alpha value is -2.33. The molecule has 1 N–H and O–H groups in total. The molecule has 0 bridgehead atoms. The molecular formula is C25H35N3O. The highest BCUT2D eigenvalue weighted by Gasteiger charge is 2.17. The fourth-order valence-corrected chi connectivity index (χ4v) is 3.99. The summed E-state index contributed by atoms with van der Waals surface area (Å²) >= 11 is 0. The van der Waals surface area contributed by atoms with E-state index in [1.165, 1.54) is 16.8 Å². The van der Waals surface area contributed by atoms with Crippen LogP contribution in [-0.2, 0) is 4.79 Å². The first-order valence-electron chi connectivity index (χ1n) is 11.0. The van der Waals surface area contributed by atoms with Crippen molar-refractivity contribution in [1.29, 1.82) is 0 Å². The average Bonchev–Trinajstić information content (AvgIpc) is 2.74. The van der Waals surface area contributed by atoms with Crippen molar-refractivity contribution in [2.24, 2.45) is 0 Å². The second-order valence-corrected chi connectivity index (χ2v) is 8.24. The van der Waals surface area contributed by atoms with Crippen LogP contribution in [0.3, 0.4) is 0 Å². The Morgan fingerprint density at radius 1 is 1.00 bits per heavy atom. The lowest BCUT2D eigenvalue weighted by Gasteiger charge is -2.36. The third kappa shape index (κ3) is 6.90. The molecule has 1 amide bonds. The largest absolute Gasteiger partial charge is 0.369 e. The van der Waals surface area contributed by atoms with E-state index < -0.39 is 0 Å². The third-order valence-corrected chi connectivity index (χ3v) is 5.82. The molecule has 1 saturated heterocycles. The molecule has 29 heavy (non-hydrogen) atoms. The van der Waals surface area contributed by atoms with E-state index in [4.69, 9.17) is 0 Å². The van der Waals surface area contributed by atoms with Crippen molar-refractivity contribution in [3.05, 3.63) is 65.7 Å². The fourth-order valence-electron chi connectivity index (χ4n) is 3.99. The predicted octanol–water partition coefficient (Wildman–Crippen LogP) is 4.21. The van der Waals surface area contributed by atoms with Crippen molar-refractivity contribution in [1.82, 2.24) is 10.2 Å². The Labute approximate surface area is 175 Å². The molecule has 4 heteroatoms. The lowest BCUT2D eigenvalue weighted by molar-refractivity contribution is -0.121. The van der Waals surface area contributed by atoms with Crippen LogP contribution < -0.4 is 10.2 Å². The van der Waals surface area contributed by atoms with Crippen molar-refractivity contribution in [2.75, 3.05) is 44.2 Å². The van der Waals surface area contributed by atoms with Crippen molar-refractivity contribution >= 4 is 11.6 Å². The van der Waals surface area contributed by atoms with Crippen LogP contribution in [0.4, 0.5) is 5.69 Å². The molecule has 4 nitrogen and oxygen atoms in total. The summed E-state index contributed by atoms with van der Waals surface area (Å²) in [6.07, 6.45) is 2.74. The fraction of sp³-hybridized carbons (Fsp3) is 0.480. The van der Waals surface area contributed by atoms with Gasteiger partial charge in [-0.2, -0.15) is 0 Å². The number of amides is 1. The zero-order valence-electron chi connectivity index (χ0n) is 17.9. The second-order valence-electron chi connectivity index (χ2n) is 8.24. The maximum atomic E-state index is 12.2. The number of unbranched alkanes of at least 4 members (excludes halogenated alkanes) is 1. The summed E-state index contributed by atoms with van der Waals surface area (Å²) in [5.74, 6) is 0.425. The minimum Gasteiger partial charge on any atom is -0.369 e. The Kier molecular flexibility index (Phi) is 8.12. The lowest BCUT2D eigenvalue weighted by Crippen LogP contribution is -2.46. The number of carbonyl (C=O) groups is 1. The number of hydrogen-bond acceptors (Lipinski definition) is 3. The van der Waals surface area contributed by atoms with Crippen LogP contribution >= 0.6 is 0 Å². The predicted molar refractivity (Wildman–Crippen MR) is 122 cm³/mol. The number of nitrogens with one attached hydrogen (secondary N) is 1. The number of hydrogen-bond donors (Lipinski definition) is 1. The smallest absolute Gasteiger partial charge is 0.220 e. The van der Waals surface area contributed by atoms with Gasteiger partial charge in [-0.15, -0.1) is 0 Å². The van der Waals surface area contributed by atoms with Gasteiger partial charge in [0, 0.05) is 44.8 Å². The van der Waals surface area contributed by atoms with E-state index in [0.29, 0.717) is 6.42 Å². The monoisotopic (exact) mass is 393 g/mol. The molecule has 1 aliphatic rings. The molecule has 0 aliphatic carbocycles. The minimum absolute atomic E-state index is 0.160. The molecular weight excluding hydrogens is 358 g/mol. The van der Waals surface area contributed by atoms with Gasteiger partial charge < -0.3 is 10.2 Å². The van der Waals surface area contributed by atoms with E-state index in [-0.39, 0.29) is 11.8 Å². The van der Waals surface area contributed by atoms with E-state index in [2.05, 4.69) is 65.4 Å². The van der Waals surface area contributed by atoms with E-state index >= 15 is 0 Å². The van der Waals surface area contributed by atoms with E-state index in [1.807, 2.05) is 18.2 Å². The molecule has 0 saturated carbocycles. The van der Waals surface area contributed by atoms with Gasteiger partial charge in [0.1, 0.15) is 0 Å². The number of anilines is 1. The summed E-state index contributed by atoms with van der Waals surface area (Å²) in [4.78, 5) is 17.2. The molecule has 3 rings (SSSR count). The number of benzene rings is 2. The molecule has 0 unspecified atom stereocenters. The number of piperazine rings is 1. The van der Waals surface area contributed by atoms with Gasteiger partial charge in [0.25, 0.3) is 0 Å². The van der Waals surface area contributed by atoms with Crippen molar-refractivity contribution < 1.29 is 4.79 Å². The van der Waals surface area contributed by atoms with E-state index in [1.54, 1.807) is 0 Å². The van der Waals surface area contributed by atoms with Crippen LogP contribution in [0, 0.1) is 6.92 Å². The number of rotatable bonds is 9. The molecule has 0 spiro atoms. The van der Waals surface area contributed by atoms with Crippen LogP contribution in [0.2, 0.25) is 0 Å². The second kappa shape index (κ2) is 11.0. The van der Waals surface area contributed by atoms with Crippen LogP contribution in [0.5, 0.6) is 0 Å². The molecule has 0 radical (unpaired) electrons. The maximum absolute atomic E-state index is 12.2. The topological polar surface area (TPSA) is 35.6 Å². The first-order chi connectivity index (χ1) is 14.1. The van der Waals surface area contributed by atoms with Crippen molar-refractivity contribution in [3.63, 3.8) is 0 Å². The maximum Gasteiger partial charge on any atom is 0.220 e. The van der Waals surface area contributed by atoms with Crippen LogP contribution in [-0.4, -0.2) is 50.1 Å². The molecule has 1 fully saturated rings. The minimum atomic E-state index is 0.160. The first kappa shape index (κ1) is 21.4. The molecule has 1 aliphatic heterocycles. The van der Waals surface area contributed by atoms with Crippen LogP contribution in [0.25, 0.3) is 0 Å². The quantitative estimate of drug-likeness (QED) is 0.649. The van der Waals surface area contributed by atoms with Crippen LogP contribution in [0.15, 0.2) is 54.6 Å². The van der Waals surface area contributed by atoms with Gasteiger partial charge in [0.15, 0.2) is 0 Å². The van der Waals surface area contributed by atoms with Gasteiger partial charge in [-0.05, 0) is 55.5 Å². The molecule has 1 heterocycles. The summed E-state index contributed by atoms with van der Waals surface area (Å²) in [7, 11) is 0. The Morgan fingerprint density at radius 2 is 1.76 bits per heavy atom. The summed E-state index contributed by atoms with van der Waals surface area (Å²) in [6.45, 7) is 10.6. The summed E-state index contributed by atoms with van der Waals surface area (Å²) < 4.78 is 0. The normalized spacial score (nSPS) is 15.9. The van der Waals surface area contributed by atoms with Gasteiger partial charge in [-0.25, -0.2) is 0 Å². The standard InChI is InChI=1S/C25H35N3O/c1-21-9-8-12-24(19-21)28-17-15-27(16-18-28)14-7-6-13-26-25(29)20-22(2)23-10-4-3-5-11-23/h3-5,8-12,19,22H,6-7,13-18,20H2,1-2H3,(H,26,29)/t22-/m1/s1. The van der Waals surface area contributed by atoms with Gasteiger partial charge >= 0.3 is 0 Å². The van der Waals surface area contributed by atoms with E-state index in [0.717, 1.165) is 52.1 Å². The van der Waals surface area contributed by atoms with Gasteiger partial charge in [-0.1, -0.05) is 49.4 Å². The molecule has 2 aromatic rings. The van der Waals surface area contributed by atoms with Crippen molar-refractivity contribution in [3.8, 4) is 0 Å². The molecule has 2 aromatic carbocycles. The highest BCUT2D eigenvalue weighted by molar-refractivity contribution is 5.76. The highest BCUT2D eigenvalue weighted by atomic mass is 16.1. The average molecular weight is 394 g/mol. The van der Waals surface area contributed by atoms with E-state index in [9.17, 15) is 4.79 Å².